The van der Waals surface area contributed by atoms with Gasteiger partial charge in [-0.05, 0) is 133 Å². The zero-order chi connectivity index (χ0) is 40.1. The second-order valence-corrected chi connectivity index (χ2v) is 19.5. The lowest BCUT2D eigenvalue weighted by molar-refractivity contribution is 0.647. The van der Waals surface area contributed by atoms with Crippen molar-refractivity contribution in [2.24, 2.45) is 11.8 Å². The number of para-hydroxylation sites is 2. The first-order valence-electron chi connectivity index (χ1n) is 20.8. The molecule has 0 aliphatic carbocycles. The maximum atomic E-state index is 5.88. The number of fused-ring (bicyclic) bond motifs is 6. The minimum atomic E-state index is -2.24. The molecule has 0 saturated heterocycles. The number of hydrogen-bond acceptors (Lipinski definition) is 2. The van der Waals surface area contributed by atoms with Crippen LogP contribution in [0.3, 0.4) is 0 Å². The van der Waals surface area contributed by atoms with E-state index in [-0.39, 0.29) is 0 Å². The summed E-state index contributed by atoms with van der Waals surface area (Å²) in [5, 5.41) is 4.38. The molecule has 0 spiro atoms. The van der Waals surface area contributed by atoms with Crippen LogP contribution in [-0.2, 0) is 12.8 Å². The van der Waals surface area contributed by atoms with Crippen molar-refractivity contribution in [2.45, 2.75) is 60.4 Å². The third-order valence-electron chi connectivity index (χ3n) is 11.4. The summed E-state index contributed by atoms with van der Waals surface area (Å²) in [4.78, 5) is 14.2. The van der Waals surface area contributed by atoms with Crippen LogP contribution in [0.25, 0.3) is 55.2 Å². The number of benzene rings is 6. The Hall–Kier alpha value is -6.43. The topological polar surface area (TPSA) is 35.6 Å². The summed E-state index contributed by atoms with van der Waals surface area (Å²) in [7, 11) is -2.24. The van der Waals surface area contributed by atoms with Crippen molar-refractivity contribution in [3.63, 3.8) is 0 Å². The Morgan fingerprint density at radius 3 is 1.14 bits per heavy atom. The third-order valence-corrected chi connectivity index (χ3v) is 15.1. The molecule has 5 heteroatoms. The lowest BCUT2D eigenvalue weighted by Crippen LogP contribution is -2.09. The molecule has 10 aromatic rings. The van der Waals surface area contributed by atoms with E-state index in [9.17, 15) is 0 Å². The van der Waals surface area contributed by atoms with Gasteiger partial charge in [0, 0.05) is 31.9 Å². The normalized spacial score (nSPS) is 12.4. The molecule has 0 aliphatic heterocycles. The number of aromatic nitrogens is 4. The van der Waals surface area contributed by atoms with Crippen molar-refractivity contribution >= 4 is 53.9 Å². The van der Waals surface area contributed by atoms with E-state index in [2.05, 4.69) is 219 Å². The Labute approximate surface area is 348 Å². The van der Waals surface area contributed by atoms with E-state index in [0.717, 1.165) is 67.4 Å². The molecular weight excluding hydrogens is 737 g/mol. The second kappa shape index (κ2) is 15.1. The van der Waals surface area contributed by atoms with Crippen molar-refractivity contribution in [2.75, 3.05) is 0 Å². The summed E-state index contributed by atoms with van der Waals surface area (Å²) in [6.45, 7) is 9.16. The van der Waals surface area contributed by atoms with Crippen molar-refractivity contribution < 1.29 is 0 Å². The second-order valence-electron chi connectivity index (χ2n) is 16.5. The largest absolute Gasteiger partial charge is 0.308 e. The van der Waals surface area contributed by atoms with E-state index >= 15 is 0 Å². The van der Waals surface area contributed by atoms with Gasteiger partial charge in [-0.15, -0.1) is 0 Å². The molecule has 0 unspecified atom stereocenters. The van der Waals surface area contributed by atoms with Crippen LogP contribution >= 0.6 is 10.0 Å². The number of rotatable bonds is 10. The molecule has 4 heterocycles. The van der Waals surface area contributed by atoms with Crippen molar-refractivity contribution in [3.8, 4) is 11.4 Å². The highest BCUT2D eigenvalue weighted by atomic mass is 32.3. The number of pyridine rings is 2. The number of hydrogen-bond donors (Lipinski definition) is 0. The molecule has 10 rings (SSSR count). The molecule has 0 radical (unpaired) electrons. The van der Waals surface area contributed by atoms with E-state index in [1.807, 2.05) is 0 Å². The van der Waals surface area contributed by atoms with Crippen LogP contribution in [0.2, 0.25) is 0 Å². The zero-order valence-corrected chi connectivity index (χ0v) is 34.9. The van der Waals surface area contributed by atoms with Gasteiger partial charge in [-0.1, -0.05) is 123 Å². The van der Waals surface area contributed by atoms with Crippen molar-refractivity contribution in [1.29, 1.82) is 0 Å². The quantitative estimate of drug-likeness (QED) is 0.138. The summed E-state index contributed by atoms with van der Waals surface area (Å²) in [5.74, 6) is 1.09. The van der Waals surface area contributed by atoms with Crippen LogP contribution in [0.15, 0.2) is 202 Å². The Bertz CT molecular complexity index is 2880. The maximum absolute atomic E-state index is 5.88. The Morgan fingerprint density at radius 2 is 0.763 bits per heavy atom. The lowest BCUT2D eigenvalue weighted by Gasteiger charge is -2.39. The highest BCUT2D eigenvalue weighted by Gasteiger charge is 2.37. The van der Waals surface area contributed by atoms with Gasteiger partial charge in [0.1, 0.15) is 0 Å². The molecule has 6 aromatic carbocycles. The summed E-state index contributed by atoms with van der Waals surface area (Å²) in [6, 6.07) is 66.5. The molecule has 0 fully saturated rings. The predicted octanol–water partition coefficient (Wildman–Crippen LogP) is 14.4. The van der Waals surface area contributed by atoms with Gasteiger partial charge >= 0.3 is 0 Å². The maximum Gasteiger partial charge on any atom is 0.0976 e. The van der Waals surface area contributed by atoms with Crippen LogP contribution in [0.5, 0.6) is 0 Å². The van der Waals surface area contributed by atoms with Gasteiger partial charge in [-0.25, -0.2) is 9.97 Å². The van der Waals surface area contributed by atoms with E-state index in [1.165, 1.54) is 31.7 Å². The first kappa shape index (κ1) is 36.9. The molecule has 59 heavy (non-hydrogen) atoms. The van der Waals surface area contributed by atoms with Gasteiger partial charge in [0.25, 0.3) is 0 Å². The molecule has 0 aliphatic rings. The average molecular weight is 785 g/mol. The van der Waals surface area contributed by atoms with Crippen LogP contribution in [0.4, 0.5) is 0 Å². The summed E-state index contributed by atoms with van der Waals surface area (Å²) >= 11 is 0. The van der Waals surface area contributed by atoms with Crippen LogP contribution < -0.4 is 0 Å². The van der Waals surface area contributed by atoms with Gasteiger partial charge < -0.3 is 9.13 Å². The molecule has 0 bridgehead atoms. The molecule has 0 amide bonds. The van der Waals surface area contributed by atoms with E-state index in [1.54, 1.807) is 0 Å². The SMILES string of the molecule is CC(C)Cc1ccc2c(c1)c1nc(S(c3ccccc3)(c3ccccc3)c3ccc4c(n3)c3cc(CC(C)C)ccc3n4-c3ccccc3)ccc1n2-c1ccccc1. The summed E-state index contributed by atoms with van der Waals surface area (Å²) in [5.41, 5.74) is 11.4. The molecule has 0 saturated carbocycles. The molecule has 4 aromatic heterocycles. The first-order chi connectivity index (χ1) is 28.9. The predicted molar refractivity (Wildman–Crippen MR) is 248 cm³/mol. The van der Waals surface area contributed by atoms with Gasteiger partial charge in [-0.3, -0.25) is 0 Å². The van der Waals surface area contributed by atoms with Gasteiger partial charge in [-0.2, -0.15) is 0 Å². The van der Waals surface area contributed by atoms with Gasteiger partial charge in [0.05, 0.1) is 43.2 Å². The smallest absolute Gasteiger partial charge is 0.0976 e. The van der Waals surface area contributed by atoms with Crippen LogP contribution in [-0.4, -0.2) is 19.1 Å². The fraction of sp³-hybridized carbons (Fsp3) is 0.148. The van der Waals surface area contributed by atoms with Crippen LogP contribution in [0, 0.1) is 11.8 Å². The fourth-order valence-electron chi connectivity index (χ4n) is 9.04. The molecular formula is C54H48N4S. The molecule has 290 valence electrons. The third kappa shape index (κ3) is 6.32. The average Bonchev–Trinajstić information content (AvgIpc) is 3.76. The summed E-state index contributed by atoms with van der Waals surface area (Å²) < 4.78 is 4.75. The molecule has 0 N–H and O–H groups in total. The minimum absolute atomic E-state index is 0.544. The minimum Gasteiger partial charge on any atom is -0.308 e. The molecule has 0 atom stereocenters. The monoisotopic (exact) mass is 784 g/mol. The first-order valence-corrected chi connectivity index (χ1v) is 22.5. The highest BCUT2D eigenvalue weighted by molar-refractivity contribution is 8.33. The Kier molecular flexibility index (Phi) is 9.42. The standard InChI is InChI=1S/C54H48N4S/c1-37(2)33-39-25-27-47-45(35-39)53-49(57(47)41-17-9-5-10-18-41)29-31-51(55-53)59(43-21-13-7-14-22-43,44-23-15-8-16-24-44)52-32-30-50-54(56-52)46-36-40(34-38(3)4)26-28-48(46)58(50)42-19-11-6-12-20-42/h5-32,35-38H,33-34H2,1-4H3. The van der Waals surface area contributed by atoms with Crippen LogP contribution in [0.1, 0.15) is 38.8 Å². The fourth-order valence-corrected chi connectivity index (χ4v) is 12.6. The van der Waals surface area contributed by atoms with E-state index in [0.29, 0.717) is 11.8 Å². The summed E-state index contributed by atoms with van der Waals surface area (Å²) in [6.07, 6.45) is 2.02. The highest BCUT2D eigenvalue weighted by Crippen LogP contribution is 2.72. The van der Waals surface area contributed by atoms with Crippen molar-refractivity contribution in [1.82, 2.24) is 19.1 Å². The Morgan fingerprint density at radius 1 is 0.407 bits per heavy atom. The van der Waals surface area contributed by atoms with E-state index in [4.69, 9.17) is 9.97 Å². The lowest BCUT2D eigenvalue weighted by atomic mass is 10.0. The Balaban J connectivity index is 1.31. The molecule has 4 nitrogen and oxygen atoms in total. The van der Waals surface area contributed by atoms with Gasteiger partial charge in [0.2, 0.25) is 0 Å². The van der Waals surface area contributed by atoms with Gasteiger partial charge in [0.15, 0.2) is 0 Å². The van der Waals surface area contributed by atoms with Crippen molar-refractivity contribution in [3.05, 3.63) is 193 Å². The number of nitrogens with zero attached hydrogens (tertiary/aromatic N) is 4. The van der Waals surface area contributed by atoms with E-state index < -0.39 is 10.0 Å². The zero-order valence-electron chi connectivity index (χ0n) is 34.1.